The number of carboxylic acids is 1. The minimum absolute atomic E-state index is 0.0995. The maximum absolute atomic E-state index is 12.9. The van der Waals surface area contributed by atoms with Crippen molar-refractivity contribution in [1.82, 2.24) is 9.97 Å². The summed E-state index contributed by atoms with van der Waals surface area (Å²) >= 11 is 0. The molecule has 1 saturated heterocycles. The van der Waals surface area contributed by atoms with E-state index in [1.54, 1.807) is 4.90 Å². The number of alkyl halides is 2. The Balaban J connectivity index is 2.10. The van der Waals surface area contributed by atoms with Crippen LogP contribution in [-0.2, 0) is 4.79 Å². The molecular weight excluding hydrogens is 263 g/mol. The lowest BCUT2D eigenvalue weighted by Crippen LogP contribution is -2.48. The number of aliphatic carboxylic acids is 1. The number of carboxylic acid groups (broad SMARTS) is 1. The van der Waals surface area contributed by atoms with Crippen LogP contribution in [-0.4, -0.2) is 40.6 Å². The molecule has 0 bridgehead atoms. The van der Waals surface area contributed by atoms with Gasteiger partial charge in [0.1, 0.15) is 5.41 Å². The van der Waals surface area contributed by atoms with Crippen LogP contribution >= 0.6 is 0 Å². The first kappa shape index (κ1) is 13.6. The Hall–Kier alpha value is -1.86. The van der Waals surface area contributed by atoms with E-state index in [9.17, 15) is 18.0 Å². The molecule has 0 aromatic carbocycles. The van der Waals surface area contributed by atoms with Crippen LogP contribution in [0, 0.1) is 11.2 Å². The predicted octanol–water partition coefficient (Wildman–Crippen LogP) is 1.55. The molecule has 2 rings (SSSR count). The van der Waals surface area contributed by atoms with E-state index in [4.69, 9.17) is 5.11 Å². The molecule has 5 nitrogen and oxygen atoms in total. The zero-order chi connectivity index (χ0) is 14.0. The molecule has 0 unspecified atom stereocenters. The summed E-state index contributed by atoms with van der Waals surface area (Å²) in [7, 11) is 0. The standard InChI is InChI=1S/C11H12F3N3O2/c12-7-5-15-10(16-6-7)17-3-1-11(2-4-17,8(13)14)9(18)19/h5-6,8H,1-4H2,(H,18,19). The maximum Gasteiger partial charge on any atom is 0.315 e. The molecule has 1 aromatic heterocycles. The normalized spacial score (nSPS) is 18.6. The summed E-state index contributed by atoms with van der Waals surface area (Å²) in [5.41, 5.74) is -2.00. The third-order valence-electron chi connectivity index (χ3n) is 3.39. The number of nitrogens with zero attached hydrogens (tertiary/aromatic N) is 3. The molecule has 0 radical (unpaired) electrons. The highest BCUT2D eigenvalue weighted by atomic mass is 19.3. The number of anilines is 1. The lowest BCUT2D eigenvalue weighted by atomic mass is 9.79. The lowest BCUT2D eigenvalue weighted by molar-refractivity contribution is -0.161. The fourth-order valence-electron chi connectivity index (χ4n) is 2.10. The highest BCUT2D eigenvalue weighted by Crippen LogP contribution is 2.38. The minimum Gasteiger partial charge on any atom is -0.481 e. The van der Waals surface area contributed by atoms with Crippen molar-refractivity contribution in [2.24, 2.45) is 5.41 Å². The van der Waals surface area contributed by atoms with Crippen LogP contribution < -0.4 is 4.90 Å². The van der Waals surface area contributed by atoms with Crippen molar-refractivity contribution in [2.75, 3.05) is 18.0 Å². The largest absolute Gasteiger partial charge is 0.481 e. The average molecular weight is 275 g/mol. The second-order valence-electron chi connectivity index (χ2n) is 4.45. The van der Waals surface area contributed by atoms with E-state index in [-0.39, 0.29) is 31.9 Å². The minimum atomic E-state index is -2.92. The quantitative estimate of drug-likeness (QED) is 0.906. The fourth-order valence-corrected chi connectivity index (χ4v) is 2.10. The molecule has 2 heterocycles. The number of aromatic nitrogens is 2. The third-order valence-corrected chi connectivity index (χ3v) is 3.39. The molecule has 19 heavy (non-hydrogen) atoms. The Labute approximate surface area is 107 Å². The molecule has 0 spiro atoms. The van der Waals surface area contributed by atoms with Gasteiger partial charge in [0, 0.05) is 13.1 Å². The van der Waals surface area contributed by atoms with Gasteiger partial charge in [-0.2, -0.15) is 0 Å². The van der Waals surface area contributed by atoms with Crippen LogP contribution in [0.15, 0.2) is 12.4 Å². The first-order chi connectivity index (χ1) is 8.95. The van der Waals surface area contributed by atoms with Gasteiger partial charge in [-0.1, -0.05) is 0 Å². The summed E-state index contributed by atoms with van der Waals surface area (Å²) in [6.45, 7) is 0.199. The molecule has 8 heteroatoms. The van der Waals surface area contributed by atoms with Crippen molar-refractivity contribution in [2.45, 2.75) is 19.3 Å². The van der Waals surface area contributed by atoms with E-state index in [0.717, 1.165) is 12.4 Å². The Bertz CT molecular complexity index is 459. The molecule has 1 N–H and O–H groups in total. The van der Waals surface area contributed by atoms with Crippen LogP contribution in [0.5, 0.6) is 0 Å². The number of hydrogen-bond donors (Lipinski definition) is 1. The maximum atomic E-state index is 12.9. The Morgan fingerprint density at radius 3 is 2.26 bits per heavy atom. The molecule has 0 atom stereocenters. The number of halogens is 3. The number of rotatable bonds is 3. The van der Waals surface area contributed by atoms with Gasteiger partial charge in [-0.05, 0) is 12.8 Å². The van der Waals surface area contributed by atoms with Crippen LogP contribution in [0.3, 0.4) is 0 Å². The summed E-state index contributed by atoms with van der Waals surface area (Å²) in [4.78, 5) is 20.1. The molecule has 1 aliphatic rings. The van der Waals surface area contributed by atoms with Crippen LogP contribution in [0.2, 0.25) is 0 Å². The van der Waals surface area contributed by atoms with Crippen molar-refractivity contribution in [3.63, 3.8) is 0 Å². The second kappa shape index (κ2) is 5.02. The van der Waals surface area contributed by atoms with Gasteiger partial charge in [-0.15, -0.1) is 0 Å². The number of piperidine rings is 1. The van der Waals surface area contributed by atoms with Gasteiger partial charge >= 0.3 is 5.97 Å². The zero-order valence-electron chi connectivity index (χ0n) is 9.89. The van der Waals surface area contributed by atoms with Gasteiger partial charge in [-0.25, -0.2) is 23.1 Å². The van der Waals surface area contributed by atoms with Crippen molar-refractivity contribution in [3.05, 3.63) is 18.2 Å². The monoisotopic (exact) mass is 275 g/mol. The Morgan fingerprint density at radius 2 is 1.84 bits per heavy atom. The summed E-state index contributed by atoms with van der Waals surface area (Å²) < 4.78 is 38.5. The molecule has 1 fully saturated rings. The topological polar surface area (TPSA) is 66.3 Å². The summed E-state index contributed by atoms with van der Waals surface area (Å²) in [5.74, 6) is -1.86. The Morgan fingerprint density at radius 1 is 1.32 bits per heavy atom. The molecule has 0 saturated carbocycles. The van der Waals surface area contributed by atoms with Gasteiger partial charge in [0.15, 0.2) is 5.82 Å². The Kier molecular flexibility index (Phi) is 3.59. The molecule has 0 aliphatic carbocycles. The van der Waals surface area contributed by atoms with Crippen LogP contribution in [0.4, 0.5) is 19.1 Å². The van der Waals surface area contributed by atoms with Gasteiger partial charge in [0.25, 0.3) is 6.43 Å². The van der Waals surface area contributed by atoms with E-state index >= 15 is 0 Å². The molecule has 0 amide bonds. The molecule has 1 aliphatic heterocycles. The van der Waals surface area contributed by atoms with E-state index in [0.29, 0.717) is 0 Å². The number of carbonyl (C=O) groups is 1. The molecular formula is C11H12F3N3O2. The van der Waals surface area contributed by atoms with Gasteiger partial charge < -0.3 is 10.0 Å². The van der Waals surface area contributed by atoms with Crippen molar-refractivity contribution in [1.29, 1.82) is 0 Å². The van der Waals surface area contributed by atoms with E-state index in [1.165, 1.54) is 0 Å². The molecule has 104 valence electrons. The second-order valence-corrected chi connectivity index (χ2v) is 4.45. The van der Waals surface area contributed by atoms with Gasteiger partial charge in [0.2, 0.25) is 5.95 Å². The van der Waals surface area contributed by atoms with Crippen molar-refractivity contribution >= 4 is 11.9 Å². The summed E-state index contributed by atoms with van der Waals surface area (Å²) in [6, 6.07) is 0. The first-order valence-corrected chi connectivity index (χ1v) is 5.70. The van der Waals surface area contributed by atoms with Crippen molar-refractivity contribution < 1.29 is 23.1 Å². The van der Waals surface area contributed by atoms with Crippen molar-refractivity contribution in [3.8, 4) is 0 Å². The fraction of sp³-hybridized carbons (Fsp3) is 0.545. The lowest BCUT2D eigenvalue weighted by Gasteiger charge is -2.38. The van der Waals surface area contributed by atoms with Crippen LogP contribution in [0.25, 0.3) is 0 Å². The van der Waals surface area contributed by atoms with Gasteiger partial charge in [0.05, 0.1) is 12.4 Å². The van der Waals surface area contributed by atoms with E-state index in [2.05, 4.69) is 9.97 Å². The van der Waals surface area contributed by atoms with Crippen LogP contribution in [0.1, 0.15) is 12.8 Å². The zero-order valence-corrected chi connectivity index (χ0v) is 9.89. The highest BCUT2D eigenvalue weighted by Gasteiger charge is 2.49. The number of hydrogen-bond acceptors (Lipinski definition) is 4. The van der Waals surface area contributed by atoms with Gasteiger partial charge in [-0.3, -0.25) is 4.79 Å². The predicted molar refractivity (Wildman–Crippen MR) is 59.5 cm³/mol. The summed E-state index contributed by atoms with van der Waals surface area (Å²) in [6.07, 6.45) is -1.34. The summed E-state index contributed by atoms with van der Waals surface area (Å²) in [5, 5.41) is 8.97. The third kappa shape index (κ3) is 2.47. The SMILES string of the molecule is O=C(O)C1(C(F)F)CCN(c2ncc(F)cn2)CC1. The smallest absolute Gasteiger partial charge is 0.315 e. The first-order valence-electron chi connectivity index (χ1n) is 5.70. The highest BCUT2D eigenvalue weighted by molar-refractivity contribution is 5.75. The van der Waals surface area contributed by atoms with E-state index in [1.807, 2.05) is 0 Å². The van der Waals surface area contributed by atoms with E-state index < -0.39 is 23.6 Å². The average Bonchev–Trinajstić information content (AvgIpc) is 2.39. The molecule has 1 aromatic rings.